The summed E-state index contributed by atoms with van der Waals surface area (Å²) in [5, 5.41) is 4.98. The number of allylic oxidation sites excluding steroid dienone is 1. The van der Waals surface area contributed by atoms with E-state index < -0.39 is 0 Å². The molecule has 2 N–H and O–H groups in total. The Labute approximate surface area is 108 Å². The van der Waals surface area contributed by atoms with E-state index in [4.69, 9.17) is 0 Å². The molecule has 1 aromatic rings. The van der Waals surface area contributed by atoms with E-state index in [1.165, 1.54) is 11.9 Å². The number of carbonyl (C=O) groups is 1. The summed E-state index contributed by atoms with van der Waals surface area (Å²) in [6, 6.07) is 9.72. The molecule has 0 aliphatic rings. The Kier molecular flexibility index (Phi) is 6.25. The molecule has 94 valence electrons. The second kappa shape index (κ2) is 7.79. The fourth-order valence-electron chi connectivity index (χ4n) is 1.30. The second-order valence-electron chi connectivity index (χ2n) is 3.55. The summed E-state index contributed by atoms with van der Waals surface area (Å²) in [4.78, 5) is 11.6. The molecule has 0 atom stereocenters. The summed E-state index contributed by atoms with van der Waals surface area (Å²) in [5.74, 6) is 0.0176. The smallest absolute Gasteiger partial charge is 0.234 e. The summed E-state index contributed by atoms with van der Waals surface area (Å²) >= 11 is 1.31. The summed E-state index contributed by atoms with van der Waals surface area (Å²) in [5.41, 5.74) is 2.13. The van der Waals surface area contributed by atoms with Crippen molar-refractivity contribution in [2.24, 2.45) is 0 Å². The maximum Gasteiger partial charge on any atom is 0.234 e. The molecule has 0 aliphatic carbocycles. The first-order chi connectivity index (χ1) is 8.26. The predicted molar refractivity (Wildman–Crippen MR) is 75.4 cm³/mol. The van der Waals surface area contributed by atoms with E-state index in [2.05, 4.69) is 17.0 Å². The van der Waals surface area contributed by atoms with Gasteiger partial charge in [-0.25, -0.2) is 0 Å². The van der Waals surface area contributed by atoms with Gasteiger partial charge in [-0.05, 0) is 23.9 Å². The monoisotopic (exact) mass is 252 g/mol. The molecular weight excluding hydrogens is 232 g/mol. The van der Waals surface area contributed by atoms with Gasteiger partial charge in [0, 0.05) is 19.6 Å². The lowest BCUT2D eigenvalue weighted by Gasteiger charge is -2.04. The fourth-order valence-corrected chi connectivity index (χ4v) is 1.99. The van der Waals surface area contributed by atoms with E-state index in [0.29, 0.717) is 6.42 Å². The molecule has 17 heavy (non-hydrogen) atoms. The van der Waals surface area contributed by atoms with Crippen molar-refractivity contribution in [1.82, 2.24) is 10.0 Å². The van der Waals surface area contributed by atoms with Crippen molar-refractivity contribution in [3.05, 3.63) is 47.0 Å². The van der Waals surface area contributed by atoms with Gasteiger partial charge in [-0.1, -0.05) is 37.3 Å². The van der Waals surface area contributed by atoms with Gasteiger partial charge in [0.2, 0.25) is 5.91 Å². The maximum atomic E-state index is 11.6. The van der Waals surface area contributed by atoms with Gasteiger partial charge in [0.05, 0.1) is 6.42 Å². The molecule has 3 nitrogen and oxygen atoms in total. The van der Waals surface area contributed by atoms with Crippen LogP contribution in [0.25, 0.3) is 0 Å². The van der Waals surface area contributed by atoms with E-state index in [0.717, 1.165) is 17.7 Å². The van der Waals surface area contributed by atoms with Crippen molar-refractivity contribution in [3.63, 3.8) is 0 Å². The highest BCUT2D eigenvalue weighted by Gasteiger charge is 2.01. The molecule has 0 aliphatic heterocycles. The van der Waals surface area contributed by atoms with Crippen molar-refractivity contribution in [2.75, 3.05) is 7.05 Å². The van der Waals surface area contributed by atoms with E-state index >= 15 is 0 Å². The van der Waals surface area contributed by atoms with Crippen LogP contribution >= 0.6 is 11.9 Å². The Hall–Kier alpha value is -1.42. The van der Waals surface area contributed by atoms with E-state index in [1.807, 2.05) is 42.8 Å². The molecule has 0 bridgehead atoms. The lowest BCUT2D eigenvalue weighted by Crippen LogP contribution is -2.17. The molecule has 0 unspecified atom stereocenters. The van der Waals surface area contributed by atoms with Gasteiger partial charge >= 0.3 is 0 Å². The third-order valence-corrected chi connectivity index (χ3v) is 3.03. The largest absolute Gasteiger partial charge is 0.391 e. The van der Waals surface area contributed by atoms with Crippen molar-refractivity contribution in [1.29, 1.82) is 0 Å². The number of carbonyl (C=O) groups excluding carboxylic acids is 1. The minimum absolute atomic E-state index is 0. The van der Waals surface area contributed by atoms with Crippen LogP contribution in [0.2, 0.25) is 0 Å². The average molecular weight is 252 g/mol. The first-order valence-corrected chi connectivity index (χ1v) is 6.49. The molecule has 0 saturated carbocycles. The molecule has 1 aromatic carbocycles. The Morgan fingerprint density at radius 3 is 2.71 bits per heavy atom. The minimum atomic E-state index is 0. The van der Waals surface area contributed by atoms with Crippen LogP contribution in [0.4, 0.5) is 0 Å². The maximum absolute atomic E-state index is 11.6. The Morgan fingerprint density at radius 1 is 1.41 bits per heavy atom. The SMILES string of the molecule is CC/C(=C/SNC(=O)Cc1ccccc1)NC.[HH]. The summed E-state index contributed by atoms with van der Waals surface area (Å²) in [6.07, 6.45) is 1.35. The van der Waals surface area contributed by atoms with Gasteiger partial charge in [0.1, 0.15) is 0 Å². The summed E-state index contributed by atoms with van der Waals surface area (Å²) in [6.45, 7) is 2.06. The van der Waals surface area contributed by atoms with Gasteiger partial charge in [0.15, 0.2) is 0 Å². The molecule has 0 heterocycles. The standard InChI is InChI=1S/C13H18N2OS.H2/c1-3-12(14-2)10-17-15-13(16)9-11-7-5-4-6-8-11;/h4-8,10,14H,3,9H2,1-2H3,(H,15,16);1H/b12-10-;. The Balaban J connectivity index is 0.00000289. The quantitative estimate of drug-likeness (QED) is 0.765. The molecule has 0 aromatic heterocycles. The third-order valence-electron chi connectivity index (χ3n) is 2.28. The number of nitrogens with one attached hydrogen (secondary N) is 2. The predicted octanol–water partition coefficient (Wildman–Crippen LogP) is 2.71. The molecule has 1 amide bonds. The van der Waals surface area contributed by atoms with Crippen LogP contribution in [-0.2, 0) is 11.2 Å². The molecule has 0 saturated heterocycles. The average Bonchev–Trinajstić information content (AvgIpc) is 2.36. The number of hydrogen-bond acceptors (Lipinski definition) is 3. The zero-order chi connectivity index (χ0) is 12.5. The molecular formula is C13H20N2OS. The second-order valence-corrected chi connectivity index (χ2v) is 4.23. The third kappa shape index (κ3) is 5.45. The van der Waals surface area contributed by atoms with Gasteiger partial charge in [-0.3, -0.25) is 9.52 Å². The zero-order valence-corrected chi connectivity index (χ0v) is 11.0. The van der Waals surface area contributed by atoms with Crippen molar-refractivity contribution in [3.8, 4) is 0 Å². The topological polar surface area (TPSA) is 41.1 Å². The van der Waals surface area contributed by atoms with E-state index in [-0.39, 0.29) is 7.33 Å². The molecule has 0 spiro atoms. The van der Waals surface area contributed by atoms with Gasteiger partial charge in [-0.2, -0.15) is 0 Å². The van der Waals surface area contributed by atoms with E-state index in [1.54, 1.807) is 0 Å². The normalized spacial score (nSPS) is 11.1. The highest BCUT2D eigenvalue weighted by atomic mass is 32.2. The number of benzene rings is 1. The van der Waals surface area contributed by atoms with E-state index in [9.17, 15) is 4.79 Å². The first kappa shape index (κ1) is 13.6. The van der Waals surface area contributed by atoms with Crippen LogP contribution < -0.4 is 10.0 Å². The van der Waals surface area contributed by atoms with Gasteiger partial charge in [0.25, 0.3) is 0 Å². The number of hydrogen-bond donors (Lipinski definition) is 2. The van der Waals surface area contributed by atoms with Gasteiger partial charge < -0.3 is 5.32 Å². The number of rotatable bonds is 6. The summed E-state index contributed by atoms with van der Waals surface area (Å²) < 4.78 is 2.79. The van der Waals surface area contributed by atoms with Crippen LogP contribution in [0, 0.1) is 0 Å². The molecule has 4 heteroatoms. The molecule has 1 rings (SSSR count). The van der Waals surface area contributed by atoms with Crippen LogP contribution in [0.15, 0.2) is 41.4 Å². The van der Waals surface area contributed by atoms with Crippen LogP contribution in [0.5, 0.6) is 0 Å². The van der Waals surface area contributed by atoms with Crippen molar-refractivity contribution < 1.29 is 6.22 Å². The van der Waals surface area contributed by atoms with Crippen LogP contribution in [0.1, 0.15) is 20.3 Å². The highest BCUT2D eigenvalue weighted by molar-refractivity contribution is 8.00. The molecule has 0 fully saturated rings. The fraction of sp³-hybridized carbons (Fsp3) is 0.308. The van der Waals surface area contributed by atoms with Crippen molar-refractivity contribution in [2.45, 2.75) is 19.8 Å². The highest BCUT2D eigenvalue weighted by Crippen LogP contribution is 2.05. The zero-order valence-electron chi connectivity index (χ0n) is 10.2. The Morgan fingerprint density at radius 2 is 2.12 bits per heavy atom. The Bertz CT molecular complexity index is 376. The summed E-state index contributed by atoms with van der Waals surface area (Å²) in [7, 11) is 1.88. The number of amides is 1. The lowest BCUT2D eigenvalue weighted by molar-refractivity contribution is -0.118. The van der Waals surface area contributed by atoms with Crippen LogP contribution in [-0.4, -0.2) is 13.0 Å². The van der Waals surface area contributed by atoms with Crippen LogP contribution in [0.3, 0.4) is 0 Å². The lowest BCUT2D eigenvalue weighted by atomic mass is 10.1. The van der Waals surface area contributed by atoms with Gasteiger partial charge in [-0.15, -0.1) is 0 Å². The molecule has 0 radical (unpaired) electrons. The minimum Gasteiger partial charge on any atom is -0.391 e. The first-order valence-electron chi connectivity index (χ1n) is 5.61. The van der Waals surface area contributed by atoms with Crippen molar-refractivity contribution >= 4 is 17.9 Å².